The minimum Gasteiger partial charge on any atom is -0.166 e. The molecule has 0 spiro atoms. The topological polar surface area (TPSA) is 0 Å². The van der Waals surface area contributed by atoms with E-state index in [2.05, 4.69) is 15.9 Å². The van der Waals surface area contributed by atoms with Gasteiger partial charge in [-0.05, 0) is 30.5 Å². The molecule has 0 heterocycles. The fourth-order valence-electron chi connectivity index (χ4n) is 1.33. The number of unbranched alkanes of at least 4 members (excludes halogenated alkanes) is 1. The van der Waals surface area contributed by atoms with E-state index in [4.69, 9.17) is 0 Å². The lowest BCUT2D eigenvalue weighted by atomic mass is 10.1. The summed E-state index contributed by atoms with van der Waals surface area (Å²) in [5.41, 5.74) is 0.156. The molecule has 15 heavy (non-hydrogen) atoms. The number of alkyl halides is 3. The summed E-state index contributed by atoms with van der Waals surface area (Å²) in [6.07, 6.45) is -1.68. The lowest BCUT2D eigenvalue weighted by Gasteiger charge is -2.10. The molecule has 1 aromatic rings. The van der Waals surface area contributed by atoms with Gasteiger partial charge in [0.25, 0.3) is 0 Å². The molecule has 84 valence electrons. The zero-order chi connectivity index (χ0) is 11.5. The third-order valence-corrected chi connectivity index (χ3v) is 2.85. The highest BCUT2D eigenvalue weighted by Gasteiger charge is 2.32. The Bertz CT molecular complexity index is 331. The molecular weight excluding hydrogens is 269 g/mol. The molecule has 0 bridgehead atoms. The Balaban J connectivity index is 2.95. The van der Waals surface area contributed by atoms with Gasteiger partial charge in [0.05, 0.1) is 5.56 Å². The Kier molecular flexibility index (Phi) is 4.20. The van der Waals surface area contributed by atoms with Gasteiger partial charge in [-0.1, -0.05) is 35.3 Å². The van der Waals surface area contributed by atoms with E-state index in [9.17, 15) is 13.2 Å². The first-order chi connectivity index (χ1) is 6.95. The zero-order valence-electron chi connectivity index (χ0n) is 8.37. The van der Waals surface area contributed by atoms with Crippen molar-refractivity contribution in [2.75, 3.05) is 0 Å². The normalized spacial score (nSPS) is 11.8. The summed E-state index contributed by atoms with van der Waals surface area (Å²) in [5.74, 6) is 0. The first-order valence-electron chi connectivity index (χ1n) is 4.80. The first-order valence-corrected chi connectivity index (χ1v) is 5.60. The van der Waals surface area contributed by atoms with E-state index < -0.39 is 11.7 Å². The van der Waals surface area contributed by atoms with Gasteiger partial charge in [0.1, 0.15) is 0 Å². The molecule has 1 rings (SSSR count). The number of aryl methyl sites for hydroxylation is 1. The fraction of sp³-hybridized carbons (Fsp3) is 0.455. The minimum atomic E-state index is -4.28. The third kappa shape index (κ3) is 3.52. The molecule has 0 nitrogen and oxygen atoms in total. The van der Waals surface area contributed by atoms with Crippen molar-refractivity contribution in [1.29, 1.82) is 0 Å². The van der Waals surface area contributed by atoms with Gasteiger partial charge in [-0.25, -0.2) is 0 Å². The molecule has 4 heteroatoms. The van der Waals surface area contributed by atoms with Crippen LogP contribution in [0.25, 0.3) is 0 Å². The summed E-state index contributed by atoms with van der Waals surface area (Å²) in [7, 11) is 0. The third-order valence-electron chi connectivity index (χ3n) is 2.16. The predicted octanol–water partition coefficient (Wildman–Crippen LogP) is 4.81. The number of hydrogen-bond acceptors (Lipinski definition) is 0. The highest BCUT2D eigenvalue weighted by molar-refractivity contribution is 9.10. The van der Waals surface area contributed by atoms with Crippen molar-refractivity contribution in [2.24, 2.45) is 0 Å². The van der Waals surface area contributed by atoms with Crippen LogP contribution in [0.1, 0.15) is 30.9 Å². The smallest absolute Gasteiger partial charge is 0.166 e. The van der Waals surface area contributed by atoms with Crippen molar-refractivity contribution in [3.05, 3.63) is 33.8 Å². The maximum atomic E-state index is 12.5. The van der Waals surface area contributed by atoms with Crippen LogP contribution in [0.3, 0.4) is 0 Å². The van der Waals surface area contributed by atoms with Crippen LogP contribution in [0.2, 0.25) is 0 Å². The summed E-state index contributed by atoms with van der Waals surface area (Å²) in [6, 6.07) is 4.42. The van der Waals surface area contributed by atoms with Crippen LogP contribution in [-0.4, -0.2) is 0 Å². The van der Waals surface area contributed by atoms with Gasteiger partial charge >= 0.3 is 6.18 Å². The highest BCUT2D eigenvalue weighted by Crippen LogP contribution is 2.35. The molecule has 0 N–H and O–H groups in total. The largest absolute Gasteiger partial charge is 0.417 e. The number of benzene rings is 1. The minimum absolute atomic E-state index is 0.107. The van der Waals surface area contributed by atoms with Gasteiger partial charge in [0, 0.05) is 4.47 Å². The van der Waals surface area contributed by atoms with Gasteiger partial charge in [0.15, 0.2) is 0 Å². The summed E-state index contributed by atoms with van der Waals surface area (Å²) in [6.45, 7) is 2.02. The van der Waals surface area contributed by atoms with Crippen molar-refractivity contribution in [3.63, 3.8) is 0 Å². The van der Waals surface area contributed by atoms with Crippen LogP contribution in [0.15, 0.2) is 22.7 Å². The van der Waals surface area contributed by atoms with Crippen molar-refractivity contribution >= 4 is 15.9 Å². The van der Waals surface area contributed by atoms with Crippen molar-refractivity contribution in [3.8, 4) is 0 Å². The second kappa shape index (κ2) is 5.01. The van der Waals surface area contributed by atoms with E-state index in [1.807, 2.05) is 6.92 Å². The Labute approximate surface area is 95.6 Å². The van der Waals surface area contributed by atoms with E-state index >= 15 is 0 Å². The number of hydrogen-bond donors (Lipinski definition) is 0. The van der Waals surface area contributed by atoms with Crippen LogP contribution in [0, 0.1) is 0 Å². The van der Waals surface area contributed by atoms with Crippen LogP contribution in [-0.2, 0) is 12.6 Å². The molecule has 0 unspecified atom stereocenters. The van der Waals surface area contributed by atoms with Crippen LogP contribution < -0.4 is 0 Å². The Hall–Kier alpha value is -0.510. The maximum absolute atomic E-state index is 12.5. The molecule has 0 amide bonds. The van der Waals surface area contributed by atoms with Gasteiger partial charge < -0.3 is 0 Å². The second-order valence-corrected chi connectivity index (χ2v) is 4.27. The highest BCUT2D eigenvalue weighted by atomic mass is 79.9. The Morgan fingerprint density at radius 2 is 1.93 bits per heavy atom. The van der Waals surface area contributed by atoms with Crippen molar-refractivity contribution in [1.82, 2.24) is 0 Å². The average Bonchev–Trinajstić information content (AvgIpc) is 2.15. The SMILES string of the molecule is CCCCc1ccc(Br)c(C(F)(F)F)c1. The molecule has 0 radical (unpaired) electrons. The van der Waals surface area contributed by atoms with E-state index in [0.717, 1.165) is 18.4 Å². The first kappa shape index (κ1) is 12.6. The molecular formula is C11H12BrF3. The quantitative estimate of drug-likeness (QED) is 0.745. The van der Waals surface area contributed by atoms with E-state index in [0.29, 0.717) is 6.42 Å². The van der Waals surface area contributed by atoms with Gasteiger partial charge in [0.2, 0.25) is 0 Å². The molecule has 0 saturated heterocycles. The molecule has 0 aliphatic carbocycles. The number of rotatable bonds is 3. The second-order valence-electron chi connectivity index (χ2n) is 3.42. The van der Waals surface area contributed by atoms with E-state index in [1.165, 1.54) is 12.1 Å². The lowest BCUT2D eigenvalue weighted by molar-refractivity contribution is -0.138. The van der Waals surface area contributed by atoms with Crippen LogP contribution >= 0.6 is 15.9 Å². The zero-order valence-corrected chi connectivity index (χ0v) is 9.95. The summed E-state index contributed by atoms with van der Waals surface area (Å²) >= 11 is 2.91. The monoisotopic (exact) mass is 280 g/mol. The van der Waals surface area contributed by atoms with Crippen molar-refractivity contribution < 1.29 is 13.2 Å². The predicted molar refractivity (Wildman–Crippen MR) is 57.8 cm³/mol. The maximum Gasteiger partial charge on any atom is 0.417 e. The molecule has 0 fully saturated rings. The Morgan fingerprint density at radius 1 is 1.27 bits per heavy atom. The molecule has 0 saturated carbocycles. The molecule has 0 aliphatic heterocycles. The molecule has 0 aliphatic rings. The summed E-state index contributed by atoms with van der Waals surface area (Å²) < 4.78 is 37.7. The Morgan fingerprint density at radius 3 is 2.47 bits per heavy atom. The van der Waals surface area contributed by atoms with Gasteiger partial charge in [-0.15, -0.1) is 0 Å². The standard InChI is InChI=1S/C11H12BrF3/c1-2-3-4-8-5-6-10(12)9(7-8)11(13,14)15/h5-7H,2-4H2,1H3. The molecule has 0 atom stereocenters. The molecule has 0 aromatic heterocycles. The number of halogens is 4. The van der Waals surface area contributed by atoms with Crippen LogP contribution in [0.4, 0.5) is 13.2 Å². The van der Waals surface area contributed by atoms with E-state index in [-0.39, 0.29) is 4.47 Å². The van der Waals surface area contributed by atoms with Crippen molar-refractivity contribution in [2.45, 2.75) is 32.4 Å². The summed E-state index contributed by atoms with van der Waals surface area (Å²) in [4.78, 5) is 0. The van der Waals surface area contributed by atoms with Crippen LogP contribution in [0.5, 0.6) is 0 Å². The van der Waals surface area contributed by atoms with Gasteiger partial charge in [-0.2, -0.15) is 13.2 Å². The lowest BCUT2D eigenvalue weighted by Crippen LogP contribution is -2.06. The summed E-state index contributed by atoms with van der Waals surface area (Å²) in [5, 5.41) is 0. The van der Waals surface area contributed by atoms with E-state index in [1.54, 1.807) is 6.07 Å². The van der Waals surface area contributed by atoms with Gasteiger partial charge in [-0.3, -0.25) is 0 Å². The average molecular weight is 281 g/mol. The fourth-order valence-corrected chi connectivity index (χ4v) is 1.80. The molecule has 1 aromatic carbocycles.